The van der Waals surface area contributed by atoms with Crippen LogP contribution in [0.3, 0.4) is 0 Å². The molecule has 0 saturated heterocycles. The molecule has 0 radical (unpaired) electrons. The van der Waals surface area contributed by atoms with Crippen LogP contribution in [0.5, 0.6) is 0 Å². The van der Waals surface area contributed by atoms with Crippen LogP contribution >= 0.6 is 0 Å². The Hall–Kier alpha value is -1.90. The number of benzene rings is 1. The Bertz CT molecular complexity index is 681. The zero-order valence-electron chi connectivity index (χ0n) is 11.5. The van der Waals surface area contributed by atoms with Crippen molar-refractivity contribution in [1.29, 1.82) is 0 Å². The normalized spacial score (nSPS) is 16.4. The Labute approximate surface area is 118 Å². The van der Waals surface area contributed by atoms with Crippen molar-refractivity contribution in [2.45, 2.75) is 38.6 Å². The van der Waals surface area contributed by atoms with Crippen molar-refractivity contribution in [3.05, 3.63) is 46.8 Å². The number of para-hydroxylation sites is 1. The SMILES string of the molecule is O=C(Cn1ccc(=O)c2ccccc21)C1CCCCC1. The lowest BCUT2D eigenvalue weighted by Gasteiger charge is -2.21. The van der Waals surface area contributed by atoms with Gasteiger partial charge in [0.25, 0.3) is 0 Å². The van der Waals surface area contributed by atoms with E-state index in [1.165, 1.54) is 19.3 Å². The van der Waals surface area contributed by atoms with Crippen LogP contribution in [0, 0.1) is 5.92 Å². The first-order chi connectivity index (χ1) is 9.75. The number of fused-ring (bicyclic) bond motifs is 1. The highest BCUT2D eigenvalue weighted by molar-refractivity contribution is 5.84. The molecule has 0 bridgehead atoms. The highest BCUT2D eigenvalue weighted by Crippen LogP contribution is 2.25. The zero-order chi connectivity index (χ0) is 13.9. The molecule has 3 heteroatoms. The van der Waals surface area contributed by atoms with Crippen molar-refractivity contribution in [2.75, 3.05) is 0 Å². The van der Waals surface area contributed by atoms with E-state index in [1.807, 2.05) is 28.8 Å². The maximum atomic E-state index is 12.4. The van der Waals surface area contributed by atoms with Gasteiger partial charge in [-0.15, -0.1) is 0 Å². The smallest absolute Gasteiger partial charge is 0.189 e. The van der Waals surface area contributed by atoms with Gasteiger partial charge in [0, 0.05) is 23.6 Å². The van der Waals surface area contributed by atoms with Crippen LogP contribution < -0.4 is 5.43 Å². The lowest BCUT2D eigenvalue weighted by molar-refractivity contribution is -0.124. The Kier molecular flexibility index (Phi) is 3.68. The number of carbonyl (C=O) groups excluding carboxylic acids is 1. The second kappa shape index (κ2) is 5.61. The molecule has 1 aromatic carbocycles. The van der Waals surface area contributed by atoms with Crippen LogP contribution in [0.4, 0.5) is 0 Å². The third-order valence-corrected chi connectivity index (χ3v) is 4.27. The summed E-state index contributed by atoms with van der Waals surface area (Å²) < 4.78 is 1.91. The molecular formula is C17H19NO2. The van der Waals surface area contributed by atoms with Gasteiger partial charge < -0.3 is 4.57 Å². The third-order valence-electron chi connectivity index (χ3n) is 4.27. The molecule has 1 aromatic heterocycles. The standard InChI is InChI=1S/C17H19NO2/c19-16-10-11-18(15-9-5-4-8-14(15)16)12-17(20)13-6-2-1-3-7-13/h4-5,8-11,13H,1-3,6-7,12H2. The number of carbonyl (C=O) groups is 1. The molecule has 104 valence electrons. The number of rotatable bonds is 3. The fourth-order valence-electron chi connectivity index (χ4n) is 3.12. The quantitative estimate of drug-likeness (QED) is 0.858. The van der Waals surface area contributed by atoms with E-state index in [0.29, 0.717) is 17.7 Å². The third kappa shape index (κ3) is 2.53. The number of Topliss-reactive ketones (excluding diaryl/α,β-unsaturated/α-hetero) is 1. The monoisotopic (exact) mass is 269 g/mol. The molecule has 0 N–H and O–H groups in total. The summed E-state index contributed by atoms with van der Waals surface area (Å²) in [7, 11) is 0. The van der Waals surface area contributed by atoms with Crippen molar-refractivity contribution in [3.63, 3.8) is 0 Å². The van der Waals surface area contributed by atoms with Gasteiger partial charge in [-0.2, -0.15) is 0 Å². The van der Waals surface area contributed by atoms with Gasteiger partial charge in [0.1, 0.15) is 0 Å². The average molecular weight is 269 g/mol. The van der Waals surface area contributed by atoms with Gasteiger partial charge in [0.15, 0.2) is 11.2 Å². The molecule has 0 spiro atoms. The van der Waals surface area contributed by atoms with Crippen molar-refractivity contribution in [1.82, 2.24) is 4.57 Å². The zero-order valence-corrected chi connectivity index (χ0v) is 11.5. The number of pyridine rings is 1. The fraction of sp³-hybridized carbons (Fsp3) is 0.412. The lowest BCUT2D eigenvalue weighted by atomic mass is 9.86. The number of ketones is 1. The van der Waals surface area contributed by atoms with E-state index in [4.69, 9.17) is 0 Å². The summed E-state index contributed by atoms with van der Waals surface area (Å²) in [5, 5.41) is 0.687. The fourth-order valence-corrected chi connectivity index (χ4v) is 3.12. The molecule has 3 rings (SSSR count). The molecule has 0 atom stereocenters. The molecule has 1 heterocycles. The molecule has 1 aliphatic rings. The summed E-state index contributed by atoms with van der Waals surface area (Å²) in [6, 6.07) is 9.04. The molecule has 2 aromatic rings. The minimum Gasteiger partial charge on any atom is -0.340 e. The number of hydrogen-bond acceptors (Lipinski definition) is 2. The maximum Gasteiger partial charge on any atom is 0.189 e. The number of nitrogens with zero attached hydrogens (tertiary/aromatic N) is 1. The Morgan fingerprint density at radius 2 is 1.85 bits per heavy atom. The summed E-state index contributed by atoms with van der Waals surface area (Å²) in [5.74, 6) is 0.514. The number of aromatic nitrogens is 1. The van der Waals surface area contributed by atoms with Crippen LogP contribution in [0.2, 0.25) is 0 Å². The van der Waals surface area contributed by atoms with Gasteiger partial charge in [-0.3, -0.25) is 9.59 Å². The summed E-state index contributed by atoms with van der Waals surface area (Å²) in [6.45, 7) is 0.380. The van der Waals surface area contributed by atoms with E-state index in [0.717, 1.165) is 18.4 Å². The second-order valence-corrected chi connectivity index (χ2v) is 5.63. The Morgan fingerprint density at radius 3 is 2.65 bits per heavy atom. The first kappa shape index (κ1) is 13.1. The van der Waals surface area contributed by atoms with Gasteiger partial charge >= 0.3 is 0 Å². The van der Waals surface area contributed by atoms with Crippen molar-refractivity contribution >= 4 is 16.7 Å². The van der Waals surface area contributed by atoms with Crippen LogP contribution in [0.15, 0.2) is 41.3 Å². The topological polar surface area (TPSA) is 39.1 Å². The highest BCUT2D eigenvalue weighted by atomic mass is 16.1. The van der Waals surface area contributed by atoms with Gasteiger partial charge in [-0.25, -0.2) is 0 Å². The summed E-state index contributed by atoms with van der Waals surface area (Å²) in [4.78, 5) is 24.2. The minimum atomic E-state index is 0.0157. The second-order valence-electron chi connectivity index (χ2n) is 5.63. The molecule has 0 unspecified atom stereocenters. The molecule has 3 nitrogen and oxygen atoms in total. The predicted molar refractivity (Wildman–Crippen MR) is 79.8 cm³/mol. The van der Waals surface area contributed by atoms with Crippen LogP contribution in [0.25, 0.3) is 10.9 Å². The van der Waals surface area contributed by atoms with E-state index in [2.05, 4.69) is 0 Å². The first-order valence-electron chi connectivity index (χ1n) is 7.36. The average Bonchev–Trinajstić information content (AvgIpc) is 2.51. The van der Waals surface area contributed by atoms with Gasteiger partial charge in [-0.1, -0.05) is 31.4 Å². The van der Waals surface area contributed by atoms with Crippen molar-refractivity contribution < 1.29 is 4.79 Å². The van der Waals surface area contributed by atoms with Gasteiger partial charge in [-0.05, 0) is 25.0 Å². The van der Waals surface area contributed by atoms with E-state index < -0.39 is 0 Å². The van der Waals surface area contributed by atoms with E-state index in [9.17, 15) is 9.59 Å². The van der Waals surface area contributed by atoms with Gasteiger partial charge in [0.2, 0.25) is 0 Å². The maximum absolute atomic E-state index is 12.4. The lowest BCUT2D eigenvalue weighted by Crippen LogP contribution is -2.23. The first-order valence-corrected chi connectivity index (χ1v) is 7.36. The van der Waals surface area contributed by atoms with Crippen molar-refractivity contribution in [2.24, 2.45) is 5.92 Å². The minimum absolute atomic E-state index is 0.0157. The predicted octanol–water partition coefficient (Wildman–Crippen LogP) is 3.15. The molecule has 1 fully saturated rings. The van der Waals surface area contributed by atoms with Crippen LogP contribution in [-0.2, 0) is 11.3 Å². The molecular weight excluding hydrogens is 250 g/mol. The van der Waals surface area contributed by atoms with Crippen LogP contribution in [-0.4, -0.2) is 10.4 Å². The van der Waals surface area contributed by atoms with Crippen LogP contribution in [0.1, 0.15) is 32.1 Å². The summed E-state index contributed by atoms with van der Waals surface area (Å²) in [6.07, 6.45) is 7.38. The molecule has 0 amide bonds. The van der Waals surface area contributed by atoms with Crippen molar-refractivity contribution in [3.8, 4) is 0 Å². The van der Waals surface area contributed by atoms with E-state index in [-0.39, 0.29) is 11.3 Å². The van der Waals surface area contributed by atoms with Gasteiger partial charge in [0.05, 0.1) is 12.1 Å². The number of hydrogen-bond donors (Lipinski definition) is 0. The van der Waals surface area contributed by atoms with E-state index in [1.54, 1.807) is 12.3 Å². The molecule has 1 saturated carbocycles. The molecule has 1 aliphatic carbocycles. The highest BCUT2D eigenvalue weighted by Gasteiger charge is 2.21. The summed E-state index contributed by atoms with van der Waals surface area (Å²) >= 11 is 0. The van der Waals surface area contributed by atoms with E-state index >= 15 is 0 Å². The molecule has 20 heavy (non-hydrogen) atoms. The Balaban J connectivity index is 1.89. The molecule has 0 aliphatic heterocycles. The largest absolute Gasteiger partial charge is 0.340 e. The summed E-state index contributed by atoms with van der Waals surface area (Å²) in [5.41, 5.74) is 0.867. The Morgan fingerprint density at radius 1 is 1.10 bits per heavy atom.